The van der Waals surface area contributed by atoms with Crippen molar-refractivity contribution in [3.63, 3.8) is 0 Å². The van der Waals surface area contributed by atoms with Crippen molar-refractivity contribution in [1.29, 1.82) is 0 Å². The lowest BCUT2D eigenvalue weighted by molar-refractivity contribution is -0.264. The molecular formula is C25H31NO7. The van der Waals surface area contributed by atoms with Gasteiger partial charge >= 0.3 is 5.63 Å². The second kappa shape index (κ2) is 7.37. The van der Waals surface area contributed by atoms with Crippen LogP contribution in [-0.2, 0) is 0 Å². The highest BCUT2D eigenvalue weighted by Gasteiger charge is 2.68. The molecule has 8 atom stereocenters. The molecule has 0 radical (unpaired) electrons. The molecule has 178 valence electrons. The van der Waals surface area contributed by atoms with Gasteiger partial charge in [-0.25, -0.2) is 4.79 Å². The number of rotatable bonds is 2. The van der Waals surface area contributed by atoms with E-state index in [1.807, 2.05) is 13.8 Å². The largest absolute Gasteiger partial charge is 0.484 e. The van der Waals surface area contributed by atoms with Crippen molar-refractivity contribution >= 4 is 0 Å². The lowest BCUT2D eigenvalue weighted by Gasteiger charge is -2.66. The van der Waals surface area contributed by atoms with E-state index in [2.05, 4.69) is 4.98 Å². The highest BCUT2D eigenvalue weighted by molar-refractivity contribution is 5.59. The summed E-state index contributed by atoms with van der Waals surface area (Å²) in [4.78, 5) is 17.1. The summed E-state index contributed by atoms with van der Waals surface area (Å²) in [5, 5.41) is 43.9. The smallest absolute Gasteiger partial charge is 0.345 e. The standard InChI is InChI=1S/C25H31NO7/c1-23-7-6-17(28)24(2,12-27)16(23)10-18(29)25(3)21(23)20(30)19-15(33-25)9-14(32-22(19)31)13-5-4-8-26-11-13/h4-5,8-9,11,16-18,20-21,27-30H,6-7,10,12H2,1-3H3/t16-,17+,18+,20+,21-,23+,24+,25-/m1/s1. The van der Waals surface area contributed by atoms with Crippen molar-refractivity contribution in [3.05, 3.63) is 46.6 Å². The van der Waals surface area contributed by atoms with E-state index in [1.165, 1.54) is 0 Å². The van der Waals surface area contributed by atoms with Crippen LogP contribution in [0.5, 0.6) is 5.75 Å². The van der Waals surface area contributed by atoms with Crippen LogP contribution in [-0.4, -0.2) is 49.8 Å². The molecule has 0 aromatic carbocycles. The maximum atomic E-state index is 13.1. The minimum atomic E-state index is -1.24. The van der Waals surface area contributed by atoms with Gasteiger partial charge < -0.3 is 29.6 Å². The summed E-state index contributed by atoms with van der Waals surface area (Å²) in [6.07, 6.45) is 1.56. The van der Waals surface area contributed by atoms with Gasteiger partial charge in [-0.2, -0.15) is 0 Å². The van der Waals surface area contributed by atoms with Crippen LogP contribution in [0.1, 0.15) is 51.7 Å². The zero-order valence-electron chi connectivity index (χ0n) is 19.1. The summed E-state index contributed by atoms with van der Waals surface area (Å²) in [7, 11) is 0. The Balaban J connectivity index is 1.65. The molecule has 33 heavy (non-hydrogen) atoms. The third-order valence-electron chi connectivity index (χ3n) is 8.94. The molecule has 0 bridgehead atoms. The third kappa shape index (κ3) is 2.97. The number of hydrogen-bond donors (Lipinski definition) is 4. The van der Waals surface area contributed by atoms with E-state index in [4.69, 9.17) is 9.15 Å². The molecule has 0 amide bonds. The van der Waals surface area contributed by atoms with Crippen molar-refractivity contribution in [2.24, 2.45) is 22.7 Å². The van der Waals surface area contributed by atoms with E-state index in [1.54, 1.807) is 37.5 Å². The summed E-state index contributed by atoms with van der Waals surface area (Å²) in [6, 6.07) is 5.05. The van der Waals surface area contributed by atoms with E-state index in [9.17, 15) is 25.2 Å². The van der Waals surface area contributed by atoms with Gasteiger partial charge in [0.25, 0.3) is 0 Å². The number of aromatic nitrogens is 1. The van der Waals surface area contributed by atoms with Crippen LogP contribution in [0.15, 0.2) is 39.8 Å². The molecule has 2 aromatic heterocycles. The number of fused-ring (bicyclic) bond motifs is 4. The van der Waals surface area contributed by atoms with Crippen LogP contribution < -0.4 is 10.4 Å². The Kier molecular flexibility index (Phi) is 5.03. The molecule has 5 rings (SSSR count). The average molecular weight is 458 g/mol. The first-order chi connectivity index (χ1) is 15.6. The van der Waals surface area contributed by atoms with Gasteiger partial charge in [0.05, 0.1) is 24.9 Å². The maximum absolute atomic E-state index is 13.1. The van der Waals surface area contributed by atoms with Crippen LogP contribution in [0.2, 0.25) is 0 Å². The fourth-order valence-electron chi connectivity index (χ4n) is 7.08. The number of aliphatic hydroxyl groups is 4. The summed E-state index contributed by atoms with van der Waals surface area (Å²) < 4.78 is 11.9. The van der Waals surface area contributed by atoms with Crippen LogP contribution in [0.4, 0.5) is 0 Å². The Morgan fingerprint density at radius 1 is 1.18 bits per heavy atom. The lowest BCUT2D eigenvalue weighted by atomic mass is 9.42. The van der Waals surface area contributed by atoms with Gasteiger partial charge in [0.1, 0.15) is 22.7 Å². The second-order valence-corrected chi connectivity index (χ2v) is 10.7. The Bertz CT molecular complexity index is 1120. The third-order valence-corrected chi connectivity index (χ3v) is 8.94. The molecule has 8 nitrogen and oxygen atoms in total. The Morgan fingerprint density at radius 2 is 1.94 bits per heavy atom. The van der Waals surface area contributed by atoms with Gasteiger partial charge in [-0.15, -0.1) is 0 Å². The predicted molar refractivity (Wildman–Crippen MR) is 118 cm³/mol. The minimum absolute atomic E-state index is 0.0380. The number of ether oxygens (including phenoxy) is 1. The van der Waals surface area contributed by atoms with E-state index >= 15 is 0 Å². The highest BCUT2D eigenvalue weighted by Crippen LogP contribution is 2.66. The summed E-state index contributed by atoms with van der Waals surface area (Å²) >= 11 is 0. The van der Waals surface area contributed by atoms with E-state index < -0.39 is 46.3 Å². The predicted octanol–water partition coefficient (Wildman–Crippen LogP) is 2.04. The molecule has 3 aliphatic rings. The van der Waals surface area contributed by atoms with E-state index in [0.717, 1.165) is 0 Å². The lowest BCUT2D eigenvalue weighted by Crippen LogP contribution is -2.70. The van der Waals surface area contributed by atoms with Gasteiger partial charge in [-0.1, -0.05) is 13.8 Å². The first-order valence-corrected chi connectivity index (χ1v) is 11.5. The number of hydrogen-bond acceptors (Lipinski definition) is 8. The van der Waals surface area contributed by atoms with Crippen molar-refractivity contribution in [2.75, 3.05) is 6.61 Å². The highest BCUT2D eigenvalue weighted by atomic mass is 16.5. The van der Waals surface area contributed by atoms with Crippen molar-refractivity contribution < 1.29 is 29.6 Å². The fourth-order valence-corrected chi connectivity index (χ4v) is 7.08. The molecule has 4 N–H and O–H groups in total. The molecule has 0 spiro atoms. The summed E-state index contributed by atoms with van der Waals surface area (Å²) in [5.74, 6) is -0.465. The van der Waals surface area contributed by atoms with E-state index in [-0.39, 0.29) is 29.6 Å². The molecule has 3 heterocycles. The molecule has 8 heteroatoms. The molecule has 2 fully saturated rings. The molecular weight excluding hydrogens is 426 g/mol. The molecule has 0 unspecified atom stereocenters. The zero-order valence-corrected chi connectivity index (χ0v) is 19.1. The Hall–Kier alpha value is -2.26. The molecule has 2 saturated carbocycles. The van der Waals surface area contributed by atoms with Crippen LogP contribution >= 0.6 is 0 Å². The molecule has 2 aromatic rings. The van der Waals surface area contributed by atoms with Gasteiger partial charge in [0, 0.05) is 35.4 Å². The van der Waals surface area contributed by atoms with Crippen LogP contribution in [0.25, 0.3) is 11.3 Å². The first kappa shape index (κ1) is 22.5. The minimum Gasteiger partial charge on any atom is -0.484 e. The first-order valence-electron chi connectivity index (χ1n) is 11.5. The number of nitrogens with zero attached hydrogens (tertiary/aromatic N) is 1. The molecule has 2 aliphatic carbocycles. The summed E-state index contributed by atoms with van der Waals surface area (Å²) in [5.41, 5.74) is -2.67. The fraction of sp³-hybridized carbons (Fsp3) is 0.600. The molecule has 0 saturated heterocycles. The van der Waals surface area contributed by atoms with Crippen molar-refractivity contribution in [3.8, 4) is 17.1 Å². The average Bonchev–Trinajstić information content (AvgIpc) is 2.78. The van der Waals surface area contributed by atoms with Gasteiger partial charge in [-0.3, -0.25) is 4.98 Å². The second-order valence-electron chi connectivity index (χ2n) is 10.7. The monoisotopic (exact) mass is 457 g/mol. The van der Waals surface area contributed by atoms with Crippen LogP contribution in [0, 0.1) is 22.7 Å². The van der Waals surface area contributed by atoms with Crippen molar-refractivity contribution in [2.45, 2.75) is 63.9 Å². The normalized spacial score (nSPS) is 42.0. The van der Waals surface area contributed by atoms with Gasteiger partial charge in [0.2, 0.25) is 0 Å². The van der Waals surface area contributed by atoms with Gasteiger partial charge in [0.15, 0.2) is 0 Å². The topological polar surface area (TPSA) is 133 Å². The molecule has 1 aliphatic heterocycles. The quantitative estimate of drug-likeness (QED) is 0.539. The van der Waals surface area contributed by atoms with E-state index in [0.29, 0.717) is 24.8 Å². The Morgan fingerprint density at radius 3 is 2.61 bits per heavy atom. The Labute approximate surface area is 191 Å². The number of aliphatic hydroxyl groups excluding tert-OH is 4. The van der Waals surface area contributed by atoms with Gasteiger partial charge in [-0.05, 0) is 49.7 Å². The number of pyridine rings is 1. The van der Waals surface area contributed by atoms with Crippen LogP contribution in [0.3, 0.4) is 0 Å². The SMILES string of the molecule is C[C@]12CC[C@H](O)[C@@](C)(CO)[C@@H]1C[C@H](O)[C@@]1(C)Oc3cc(-c4cccnc4)oc(=O)c3[C@H](O)[C@H]21. The zero-order chi connectivity index (χ0) is 23.8. The van der Waals surface area contributed by atoms with Crippen molar-refractivity contribution in [1.82, 2.24) is 4.98 Å². The maximum Gasteiger partial charge on any atom is 0.345 e. The summed E-state index contributed by atoms with van der Waals surface area (Å²) in [6.45, 7) is 5.37.